The summed E-state index contributed by atoms with van der Waals surface area (Å²) >= 11 is 3.49. The number of pyridine rings is 1. The van der Waals surface area contributed by atoms with Crippen molar-refractivity contribution in [3.05, 3.63) is 28.5 Å². The first kappa shape index (κ1) is 14.7. The number of aromatic nitrogens is 1. The summed E-state index contributed by atoms with van der Waals surface area (Å²) in [5, 5.41) is 3.55. The largest absolute Gasteiger partial charge is 0.310 e. The van der Waals surface area contributed by atoms with Gasteiger partial charge in [0.05, 0.1) is 0 Å². The first-order valence-corrected chi connectivity index (χ1v) is 7.30. The Morgan fingerprint density at radius 2 is 2.12 bits per heavy atom. The van der Waals surface area contributed by atoms with Gasteiger partial charge in [-0.3, -0.25) is 4.98 Å². The van der Waals surface area contributed by atoms with Crippen LogP contribution in [0.1, 0.15) is 51.6 Å². The smallest absolute Gasteiger partial charge is 0.0410 e. The molecule has 0 spiro atoms. The predicted molar refractivity (Wildman–Crippen MR) is 77.0 cm³/mol. The van der Waals surface area contributed by atoms with Crippen molar-refractivity contribution >= 4 is 15.9 Å². The van der Waals surface area contributed by atoms with Gasteiger partial charge in [0.25, 0.3) is 0 Å². The van der Waals surface area contributed by atoms with E-state index in [-0.39, 0.29) is 0 Å². The van der Waals surface area contributed by atoms with E-state index in [4.69, 9.17) is 0 Å². The van der Waals surface area contributed by atoms with Crippen molar-refractivity contribution in [1.82, 2.24) is 10.3 Å². The van der Waals surface area contributed by atoms with Gasteiger partial charge >= 0.3 is 0 Å². The summed E-state index contributed by atoms with van der Waals surface area (Å²) in [7, 11) is 0. The number of hydrogen-bond donors (Lipinski definition) is 1. The van der Waals surface area contributed by atoms with Crippen LogP contribution in [-0.4, -0.2) is 11.5 Å². The molecule has 0 amide bonds. The molecule has 2 nitrogen and oxygen atoms in total. The molecule has 1 heterocycles. The molecule has 0 aromatic carbocycles. The molecule has 1 aromatic heterocycles. The lowest BCUT2D eigenvalue weighted by Gasteiger charge is -2.22. The highest BCUT2D eigenvalue weighted by molar-refractivity contribution is 9.10. The molecule has 1 aromatic rings. The summed E-state index contributed by atoms with van der Waals surface area (Å²) in [4.78, 5) is 4.25. The van der Waals surface area contributed by atoms with E-state index in [1.54, 1.807) is 0 Å². The SMILES string of the molecule is CCCC(C)CC(NCC)c1cncc(Br)c1. The zero-order chi connectivity index (χ0) is 12.7. The number of hydrogen-bond acceptors (Lipinski definition) is 2. The van der Waals surface area contributed by atoms with Crippen LogP contribution < -0.4 is 5.32 Å². The molecule has 0 fully saturated rings. The summed E-state index contributed by atoms with van der Waals surface area (Å²) in [6, 6.07) is 2.59. The molecule has 0 aliphatic heterocycles. The molecule has 2 atom stereocenters. The Morgan fingerprint density at radius 3 is 2.71 bits per heavy atom. The molecule has 0 saturated carbocycles. The summed E-state index contributed by atoms with van der Waals surface area (Å²) in [5.41, 5.74) is 1.28. The van der Waals surface area contributed by atoms with Crippen LogP contribution >= 0.6 is 15.9 Å². The molecular formula is C14H23BrN2. The maximum absolute atomic E-state index is 4.25. The quantitative estimate of drug-likeness (QED) is 0.811. The van der Waals surface area contributed by atoms with Gasteiger partial charge in [0, 0.05) is 22.9 Å². The van der Waals surface area contributed by atoms with Crippen LogP contribution in [0.5, 0.6) is 0 Å². The fourth-order valence-electron chi connectivity index (χ4n) is 2.22. The lowest BCUT2D eigenvalue weighted by Crippen LogP contribution is -2.23. The van der Waals surface area contributed by atoms with E-state index in [0.717, 1.165) is 16.9 Å². The Labute approximate surface area is 113 Å². The Morgan fingerprint density at radius 1 is 1.35 bits per heavy atom. The average molecular weight is 299 g/mol. The van der Waals surface area contributed by atoms with Gasteiger partial charge in [0.15, 0.2) is 0 Å². The van der Waals surface area contributed by atoms with Crippen molar-refractivity contribution in [3.63, 3.8) is 0 Å². The predicted octanol–water partition coefficient (Wildman–Crippen LogP) is 4.32. The number of nitrogens with zero attached hydrogens (tertiary/aromatic N) is 1. The Balaban J connectivity index is 2.71. The van der Waals surface area contributed by atoms with E-state index in [1.165, 1.54) is 24.8 Å². The van der Waals surface area contributed by atoms with Crippen molar-refractivity contribution in [1.29, 1.82) is 0 Å². The van der Waals surface area contributed by atoms with Gasteiger partial charge in [-0.2, -0.15) is 0 Å². The second-order valence-electron chi connectivity index (χ2n) is 4.68. The summed E-state index contributed by atoms with van der Waals surface area (Å²) in [6.45, 7) is 7.73. The first-order valence-electron chi connectivity index (χ1n) is 6.51. The highest BCUT2D eigenvalue weighted by atomic mass is 79.9. The Kier molecular flexibility index (Phi) is 6.75. The molecule has 3 heteroatoms. The molecule has 0 radical (unpaired) electrons. The maximum atomic E-state index is 4.25. The molecule has 0 bridgehead atoms. The van der Waals surface area contributed by atoms with Crippen LogP contribution in [0.4, 0.5) is 0 Å². The van der Waals surface area contributed by atoms with Crippen molar-refractivity contribution < 1.29 is 0 Å². The number of halogens is 1. The van der Waals surface area contributed by atoms with Crippen LogP contribution in [0.3, 0.4) is 0 Å². The third kappa shape index (κ3) is 5.17. The van der Waals surface area contributed by atoms with Crippen molar-refractivity contribution in [3.8, 4) is 0 Å². The van der Waals surface area contributed by atoms with Crippen LogP contribution in [0.2, 0.25) is 0 Å². The number of rotatable bonds is 7. The normalized spacial score (nSPS) is 14.6. The molecule has 0 aliphatic rings. The van der Waals surface area contributed by atoms with Crippen molar-refractivity contribution in [2.75, 3.05) is 6.54 Å². The van der Waals surface area contributed by atoms with E-state index in [1.807, 2.05) is 12.4 Å². The van der Waals surface area contributed by atoms with Gasteiger partial charge in [0.1, 0.15) is 0 Å². The molecule has 0 aliphatic carbocycles. The van der Waals surface area contributed by atoms with E-state index in [0.29, 0.717) is 6.04 Å². The topological polar surface area (TPSA) is 24.9 Å². The van der Waals surface area contributed by atoms with Gasteiger partial charge in [-0.1, -0.05) is 33.6 Å². The van der Waals surface area contributed by atoms with Gasteiger partial charge in [-0.05, 0) is 46.4 Å². The Hall–Kier alpha value is -0.410. The highest BCUT2D eigenvalue weighted by Gasteiger charge is 2.14. The second kappa shape index (κ2) is 7.83. The van der Waals surface area contributed by atoms with Gasteiger partial charge in [-0.15, -0.1) is 0 Å². The molecule has 0 saturated heterocycles. The Bertz CT molecular complexity index is 328. The molecule has 1 N–H and O–H groups in total. The van der Waals surface area contributed by atoms with Gasteiger partial charge in [0.2, 0.25) is 0 Å². The van der Waals surface area contributed by atoms with Crippen LogP contribution in [-0.2, 0) is 0 Å². The average Bonchev–Trinajstić information content (AvgIpc) is 2.29. The summed E-state index contributed by atoms with van der Waals surface area (Å²) < 4.78 is 1.06. The van der Waals surface area contributed by atoms with E-state index < -0.39 is 0 Å². The molecule has 1 rings (SSSR count). The standard InChI is InChI=1S/C14H23BrN2/c1-4-6-11(3)7-14(17-5-2)12-8-13(15)10-16-9-12/h8-11,14,17H,4-7H2,1-3H3. The zero-order valence-electron chi connectivity index (χ0n) is 11.0. The zero-order valence-corrected chi connectivity index (χ0v) is 12.6. The summed E-state index contributed by atoms with van der Waals surface area (Å²) in [6.07, 6.45) is 7.54. The maximum Gasteiger partial charge on any atom is 0.0410 e. The molecule has 96 valence electrons. The van der Waals surface area contributed by atoms with E-state index in [2.05, 4.69) is 53.1 Å². The minimum absolute atomic E-state index is 0.423. The van der Waals surface area contributed by atoms with Gasteiger partial charge in [-0.25, -0.2) is 0 Å². The number of nitrogens with one attached hydrogen (secondary N) is 1. The third-order valence-electron chi connectivity index (χ3n) is 3.00. The molecule has 2 unspecified atom stereocenters. The lowest BCUT2D eigenvalue weighted by molar-refractivity contribution is 0.394. The van der Waals surface area contributed by atoms with Crippen molar-refractivity contribution in [2.24, 2.45) is 5.92 Å². The van der Waals surface area contributed by atoms with Crippen LogP contribution in [0, 0.1) is 5.92 Å². The second-order valence-corrected chi connectivity index (χ2v) is 5.59. The van der Waals surface area contributed by atoms with Crippen molar-refractivity contribution in [2.45, 2.75) is 46.1 Å². The summed E-state index contributed by atoms with van der Waals surface area (Å²) in [5.74, 6) is 0.753. The fourth-order valence-corrected chi connectivity index (χ4v) is 2.60. The monoisotopic (exact) mass is 298 g/mol. The molecule has 17 heavy (non-hydrogen) atoms. The van der Waals surface area contributed by atoms with Crippen LogP contribution in [0.15, 0.2) is 22.9 Å². The van der Waals surface area contributed by atoms with E-state index in [9.17, 15) is 0 Å². The fraction of sp³-hybridized carbons (Fsp3) is 0.643. The molecular weight excluding hydrogens is 276 g/mol. The minimum atomic E-state index is 0.423. The van der Waals surface area contributed by atoms with E-state index >= 15 is 0 Å². The third-order valence-corrected chi connectivity index (χ3v) is 3.43. The first-order chi connectivity index (χ1) is 8.17. The minimum Gasteiger partial charge on any atom is -0.310 e. The highest BCUT2D eigenvalue weighted by Crippen LogP contribution is 2.25. The lowest BCUT2D eigenvalue weighted by atomic mass is 9.94. The van der Waals surface area contributed by atoms with Crippen LogP contribution in [0.25, 0.3) is 0 Å². The van der Waals surface area contributed by atoms with Gasteiger partial charge < -0.3 is 5.32 Å².